The molecule has 1 saturated heterocycles. The number of benzene rings is 1. The second-order valence-electron chi connectivity index (χ2n) is 5.09. The number of piperidine rings is 1. The zero-order valence-corrected chi connectivity index (χ0v) is 13.0. The fourth-order valence-corrected chi connectivity index (χ4v) is 4.22. The van der Waals surface area contributed by atoms with Gasteiger partial charge in [-0.3, -0.25) is 4.79 Å². The van der Waals surface area contributed by atoms with E-state index in [1.807, 2.05) is 0 Å². The number of hydrogen-bond acceptors (Lipinski definition) is 4. The highest BCUT2D eigenvalue weighted by molar-refractivity contribution is 7.89. The Kier molecular flexibility index (Phi) is 4.82. The van der Waals surface area contributed by atoms with Gasteiger partial charge in [0.05, 0.1) is 10.5 Å². The first-order chi connectivity index (χ1) is 10.4. The Morgan fingerprint density at radius 2 is 1.82 bits per heavy atom. The molecule has 0 saturated carbocycles. The van der Waals surface area contributed by atoms with Crippen LogP contribution in [-0.4, -0.2) is 49.8 Å². The Morgan fingerprint density at radius 3 is 2.36 bits per heavy atom. The number of sulfonamides is 1. The predicted molar refractivity (Wildman–Crippen MR) is 79.0 cm³/mol. The first kappa shape index (κ1) is 16.4. The summed E-state index contributed by atoms with van der Waals surface area (Å²) in [6, 6.07) is 5.55. The minimum atomic E-state index is -3.87. The number of amides is 1. The van der Waals surface area contributed by atoms with Crippen LogP contribution in [0.15, 0.2) is 29.2 Å². The Bertz CT molecular complexity index is 678. The smallest absolute Gasteiger partial charge is 0.337 e. The second kappa shape index (κ2) is 6.45. The first-order valence-electron chi connectivity index (χ1n) is 6.92. The number of carbonyl (C=O) groups is 2. The number of hydrogen-bond donors (Lipinski definition) is 2. The third kappa shape index (κ3) is 3.12. The summed E-state index contributed by atoms with van der Waals surface area (Å²) in [6.07, 6.45) is 0.849. The molecule has 0 radical (unpaired) electrons. The maximum absolute atomic E-state index is 12.6. The molecule has 2 N–H and O–H groups in total. The van der Waals surface area contributed by atoms with Crippen LogP contribution >= 0.6 is 0 Å². The highest BCUT2D eigenvalue weighted by Gasteiger charge is 2.33. The molecular formula is C14H18N2O5S. The molecule has 0 bridgehead atoms. The van der Waals surface area contributed by atoms with Crippen molar-refractivity contribution in [3.63, 3.8) is 0 Å². The van der Waals surface area contributed by atoms with Crippen molar-refractivity contribution in [3.05, 3.63) is 29.8 Å². The fraction of sp³-hybridized carbons (Fsp3) is 0.429. The molecule has 2 rings (SSSR count). The summed E-state index contributed by atoms with van der Waals surface area (Å²) in [4.78, 5) is 22.6. The second-order valence-corrected chi connectivity index (χ2v) is 7.00. The molecule has 7 nitrogen and oxygen atoms in total. The van der Waals surface area contributed by atoms with E-state index in [0.717, 1.165) is 0 Å². The average Bonchev–Trinajstić information content (AvgIpc) is 2.54. The van der Waals surface area contributed by atoms with E-state index < -0.39 is 16.0 Å². The van der Waals surface area contributed by atoms with Crippen molar-refractivity contribution < 1.29 is 23.1 Å². The molecule has 120 valence electrons. The Morgan fingerprint density at radius 1 is 1.23 bits per heavy atom. The van der Waals surface area contributed by atoms with E-state index in [1.165, 1.54) is 28.6 Å². The van der Waals surface area contributed by atoms with Crippen molar-refractivity contribution in [2.24, 2.45) is 5.92 Å². The lowest BCUT2D eigenvalue weighted by molar-refractivity contribution is -0.125. The SMILES string of the molecule is CNC(=O)C1CCN(S(=O)(=O)c2ccccc2C(=O)O)CC1. The summed E-state index contributed by atoms with van der Waals surface area (Å²) in [5.74, 6) is -1.58. The van der Waals surface area contributed by atoms with Crippen LogP contribution in [0.3, 0.4) is 0 Å². The summed E-state index contributed by atoms with van der Waals surface area (Å²) >= 11 is 0. The highest BCUT2D eigenvalue weighted by atomic mass is 32.2. The molecule has 1 fully saturated rings. The fourth-order valence-electron chi connectivity index (χ4n) is 2.57. The molecule has 1 aliphatic heterocycles. The lowest BCUT2D eigenvalue weighted by Crippen LogP contribution is -2.42. The third-order valence-corrected chi connectivity index (χ3v) is 5.76. The molecule has 1 aliphatic rings. The Labute approximate surface area is 129 Å². The van der Waals surface area contributed by atoms with Gasteiger partial charge in [-0.2, -0.15) is 4.31 Å². The third-order valence-electron chi connectivity index (χ3n) is 3.81. The predicted octanol–water partition coefficient (Wildman–Crippen LogP) is 0.531. The van der Waals surface area contributed by atoms with Crippen LogP contribution in [0.2, 0.25) is 0 Å². The molecule has 0 atom stereocenters. The lowest BCUT2D eigenvalue weighted by atomic mass is 9.97. The molecule has 1 aromatic carbocycles. The maximum Gasteiger partial charge on any atom is 0.337 e. The van der Waals surface area contributed by atoms with Crippen molar-refractivity contribution in [3.8, 4) is 0 Å². The van der Waals surface area contributed by atoms with Crippen LogP contribution < -0.4 is 5.32 Å². The Hall–Kier alpha value is -1.93. The van der Waals surface area contributed by atoms with Crippen LogP contribution in [0.25, 0.3) is 0 Å². The maximum atomic E-state index is 12.6. The monoisotopic (exact) mass is 326 g/mol. The molecule has 0 spiro atoms. The minimum absolute atomic E-state index is 0.0945. The zero-order valence-electron chi connectivity index (χ0n) is 12.2. The van der Waals surface area contributed by atoms with Gasteiger partial charge < -0.3 is 10.4 Å². The van der Waals surface area contributed by atoms with E-state index >= 15 is 0 Å². The molecule has 1 heterocycles. The molecule has 0 unspecified atom stereocenters. The van der Waals surface area contributed by atoms with Crippen molar-refractivity contribution in [2.45, 2.75) is 17.7 Å². The van der Waals surface area contributed by atoms with Crippen LogP contribution in [0, 0.1) is 5.92 Å². The van der Waals surface area contributed by atoms with E-state index in [9.17, 15) is 18.0 Å². The summed E-state index contributed by atoms with van der Waals surface area (Å²) in [7, 11) is -2.32. The number of nitrogens with zero attached hydrogens (tertiary/aromatic N) is 1. The average molecular weight is 326 g/mol. The summed E-state index contributed by atoms with van der Waals surface area (Å²) < 4.78 is 26.5. The molecular weight excluding hydrogens is 308 g/mol. The molecule has 1 amide bonds. The lowest BCUT2D eigenvalue weighted by Gasteiger charge is -2.30. The van der Waals surface area contributed by atoms with Crippen LogP contribution in [0.5, 0.6) is 0 Å². The van der Waals surface area contributed by atoms with Crippen LogP contribution in [-0.2, 0) is 14.8 Å². The molecule has 22 heavy (non-hydrogen) atoms. The standard InChI is InChI=1S/C14H18N2O5S/c1-15-13(17)10-6-8-16(9-7-10)22(20,21)12-5-3-2-4-11(12)14(18)19/h2-5,10H,6-9H2,1H3,(H,15,17)(H,18,19). The van der Waals surface area contributed by atoms with E-state index in [4.69, 9.17) is 5.11 Å². The zero-order chi connectivity index (χ0) is 16.3. The normalized spacial score (nSPS) is 17.1. The number of nitrogens with one attached hydrogen (secondary N) is 1. The van der Waals surface area contributed by atoms with Crippen LogP contribution in [0.4, 0.5) is 0 Å². The largest absolute Gasteiger partial charge is 0.478 e. The number of carboxylic acids is 1. The highest BCUT2D eigenvalue weighted by Crippen LogP contribution is 2.25. The van der Waals surface area contributed by atoms with Crippen molar-refractivity contribution >= 4 is 21.9 Å². The molecule has 8 heteroatoms. The number of rotatable bonds is 4. The molecule has 0 aliphatic carbocycles. The molecule has 0 aromatic heterocycles. The van der Waals surface area contributed by atoms with Gasteiger partial charge in [-0.05, 0) is 25.0 Å². The first-order valence-corrected chi connectivity index (χ1v) is 8.36. The topological polar surface area (TPSA) is 104 Å². The minimum Gasteiger partial charge on any atom is -0.478 e. The van der Waals surface area contributed by atoms with Gasteiger partial charge >= 0.3 is 5.97 Å². The number of carbonyl (C=O) groups excluding carboxylic acids is 1. The quantitative estimate of drug-likeness (QED) is 0.840. The van der Waals surface area contributed by atoms with Crippen molar-refractivity contribution in [1.29, 1.82) is 0 Å². The van der Waals surface area contributed by atoms with Crippen molar-refractivity contribution in [2.75, 3.05) is 20.1 Å². The van der Waals surface area contributed by atoms with Gasteiger partial charge in [0.15, 0.2) is 0 Å². The van der Waals surface area contributed by atoms with E-state index in [-0.39, 0.29) is 35.4 Å². The summed E-state index contributed by atoms with van der Waals surface area (Å²) in [5.41, 5.74) is -0.240. The van der Waals surface area contributed by atoms with E-state index in [0.29, 0.717) is 12.8 Å². The van der Waals surface area contributed by atoms with E-state index in [1.54, 1.807) is 7.05 Å². The Balaban J connectivity index is 2.23. The number of aromatic carboxylic acids is 1. The summed E-state index contributed by atoms with van der Waals surface area (Å²) in [6.45, 7) is 0.406. The van der Waals surface area contributed by atoms with Gasteiger partial charge in [0.25, 0.3) is 0 Å². The van der Waals surface area contributed by atoms with Gasteiger partial charge in [-0.25, -0.2) is 13.2 Å². The van der Waals surface area contributed by atoms with Gasteiger partial charge in [0.2, 0.25) is 15.9 Å². The van der Waals surface area contributed by atoms with Gasteiger partial charge in [-0.15, -0.1) is 0 Å². The van der Waals surface area contributed by atoms with E-state index in [2.05, 4.69) is 5.32 Å². The van der Waals surface area contributed by atoms with Crippen molar-refractivity contribution in [1.82, 2.24) is 9.62 Å². The van der Waals surface area contributed by atoms with Gasteiger partial charge in [0.1, 0.15) is 0 Å². The van der Waals surface area contributed by atoms with Gasteiger partial charge in [-0.1, -0.05) is 12.1 Å². The number of carboxylic acid groups (broad SMARTS) is 1. The van der Waals surface area contributed by atoms with Gasteiger partial charge in [0, 0.05) is 26.1 Å². The molecule has 1 aromatic rings. The summed E-state index contributed by atoms with van der Waals surface area (Å²) in [5, 5.41) is 11.7. The van der Waals surface area contributed by atoms with Crippen LogP contribution in [0.1, 0.15) is 23.2 Å².